The summed E-state index contributed by atoms with van der Waals surface area (Å²) in [7, 11) is 3.05. The first-order chi connectivity index (χ1) is 18.3. The number of benzene rings is 3. The predicted octanol–water partition coefficient (Wildman–Crippen LogP) is 4.63. The van der Waals surface area contributed by atoms with Crippen molar-refractivity contribution in [3.8, 4) is 17.2 Å². The number of nitrogens with one attached hydrogen (secondary N) is 1. The second-order valence-corrected chi connectivity index (χ2v) is 9.33. The molecule has 1 atom stereocenters. The lowest BCUT2D eigenvalue weighted by molar-refractivity contribution is -0.142. The number of carbonyl (C=O) groups excluding carboxylic acids is 2. The Morgan fingerprint density at radius 2 is 1.47 bits per heavy atom. The quantitative estimate of drug-likeness (QED) is 0.354. The summed E-state index contributed by atoms with van der Waals surface area (Å²) in [5, 5.41) is 2.97. The average Bonchev–Trinajstić information content (AvgIpc) is 2.93. The molecule has 0 aromatic heterocycles. The van der Waals surface area contributed by atoms with Crippen LogP contribution in [0.1, 0.15) is 25.0 Å². The minimum Gasteiger partial charge on any atom is -0.496 e. The van der Waals surface area contributed by atoms with Gasteiger partial charge in [-0.05, 0) is 29.2 Å². The zero-order chi connectivity index (χ0) is 27.5. The van der Waals surface area contributed by atoms with E-state index in [9.17, 15) is 14.0 Å². The van der Waals surface area contributed by atoms with Gasteiger partial charge in [0, 0.05) is 37.7 Å². The second-order valence-electron chi connectivity index (χ2n) is 9.33. The number of methoxy groups -OCH3 is 2. The molecule has 0 fully saturated rings. The first kappa shape index (κ1) is 28.5. The molecule has 0 aliphatic rings. The van der Waals surface area contributed by atoms with Crippen LogP contribution in [-0.4, -0.2) is 50.1 Å². The zero-order valence-corrected chi connectivity index (χ0v) is 22.3. The smallest absolute Gasteiger partial charge is 0.261 e. The van der Waals surface area contributed by atoms with E-state index < -0.39 is 11.9 Å². The zero-order valence-electron chi connectivity index (χ0n) is 22.3. The van der Waals surface area contributed by atoms with Gasteiger partial charge in [-0.15, -0.1) is 0 Å². The van der Waals surface area contributed by atoms with Crippen molar-refractivity contribution in [3.05, 3.63) is 89.7 Å². The summed E-state index contributed by atoms with van der Waals surface area (Å²) in [5.74, 6) is 0.634. The minimum atomic E-state index is -0.808. The molecule has 3 aromatic carbocycles. The molecule has 0 aliphatic carbocycles. The van der Waals surface area contributed by atoms with Crippen LogP contribution in [0.2, 0.25) is 0 Å². The first-order valence-corrected chi connectivity index (χ1v) is 12.5. The molecule has 7 nitrogen and oxygen atoms in total. The molecule has 0 aliphatic heterocycles. The Morgan fingerprint density at radius 3 is 2.05 bits per heavy atom. The maximum atomic E-state index is 13.7. The Hall–Kier alpha value is -4.07. The molecule has 0 saturated heterocycles. The van der Waals surface area contributed by atoms with Crippen molar-refractivity contribution in [1.29, 1.82) is 0 Å². The lowest BCUT2D eigenvalue weighted by Crippen LogP contribution is -2.52. The van der Waals surface area contributed by atoms with Gasteiger partial charge in [0.25, 0.3) is 5.91 Å². The number of rotatable bonds is 13. The molecule has 0 bridgehead atoms. The van der Waals surface area contributed by atoms with Crippen LogP contribution in [0.3, 0.4) is 0 Å². The summed E-state index contributed by atoms with van der Waals surface area (Å²) < 4.78 is 30.0. The summed E-state index contributed by atoms with van der Waals surface area (Å²) >= 11 is 0. The highest BCUT2D eigenvalue weighted by Gasteiger charge is 2.30. The summed E-state index contributed by atoms with van der Waals surface area (Å²) in [6, 6.07) is 19.6. The fourth-order valence-electron chi connectivity index (χ4n) is 3.86. The van der Waals surface area contributed by atoms with E-state index in [2.05, 4.69) is 5.32 Å². The summed E-state index contributed by atoms with van der Waals surface area (Å²) in [4.78, 5) is 28.6. The van der Waals surface area contributed by atoms with Gasteiger partial charge in [-0.1, -0.05) is 56.3 Å². The highest BCUT2D eigenvalue weighted by molar-refractivity contribution is 5.88. The normalized spacial score (nSPS) is 11.5. The van der Waals surface area contributed by atoms with E-state index in [-0.39, 0.29) is 30.8 Å². The summed E-state index contributed by atoms with van der Waals surface area (Å²) in [6.07, 6.45) is 0.310. The number of nitrogens with zero attached hydrogens (tertiary/aromatic N) is 1. The number of carbonyl (C=O) groups is 2. The van der Waals surface area contributed by atoms with Gasteiger partial charge in [-0.25, -0.2) is 4.39 Å². The molecule has 2 amide bonds. The lowest BCUT2D eigenvalue weighted by atomic mass is 10.0. The van der Waals surface area contributed by atoms with Crippen molar-refractivity contribution in [2.75, 3.05) is 27.4 Å². The van der Waals surface area contributed by atoms with Gasteiger partial charge in [-0.2, -0.15) is 0 Å². The van der Waals surface area contributed by atoms with Gasteiger partial charge in [0.05, 0.1) is 14.2 Å². The predicted molar refractivity (Wildman–Crippen MR) is 144 cm³/mol. The average molecular weight is 523 g/mol. The first-order valence-electron chi connectivity index (χ1n) is 12.5. The van der Waals surface area contributed by atoms with Gasteiger partial charge < -0.3 is 24.4 Å². The molecule has 0 radical (unpaired) electrons. The van der Waals surface area contributed by atoms with Gasteiger partial charge in [0.2, 0.25) is 5.91 Å². The van der Waals surface area contributed by atoms with E-state index in [1.807, 2.05) is 44.2 Å². The fourth-order valence-corrected chi connectivity index (χ4v) is 3.86. The van der Waals surface area contributed by atoms with E-state index in [1.54, 1.807) is 30.3 Å². The SMILES string of the molecule is COc1cc(OC)cc(OCC(=O)N(Cc2ccc(F)cc2)C(Cc2ccccc2)C(=O)NCC(C)C)c1. The van der Waals surface area contributed by atoms with Crippen molar-refractivity contribution in [3.63, 3.8) is 0 Å². The fraction of sp³-hybridized carbons (Fsp3) is 0.333. The Bertz CT molecular complexity index is 1160. The van der Waals surface area contributed by atoms with Gasteiger partial charge in [-0.3, -0.25) is 9.59 Å². The van der Waals surface area contributed by atoms with Crippen LogP contribution in [-0.2, 0) is 22.6 Å². The number of hydrogen-bond acceptors (Lipinski definition) is 5. The highest BCUT2D eigenvalue weighted by atomic mass is 19.1. The Kier molecular flexibility index (Phi) is 10.5. The number of amides is 2. The molecule has 0 saturated carbocycles. The maximum absolute atomic E-state index is 13.7. The van der Waals surface area contributed by atoms with E-state index in [0.717, 1.165) is 5.56 Å². The topological polar surface area (TPSA) is 77.1 Å². The van der Waals surface area contributed by atoms with Gasteiger partial charge in [0.1, 0.15) is 29.1 Å². The monoisotopic (exact) mass is 522 g/mol. The Morgan fingerprint density at radius 1 is 0.868 bits per heavy atom. The number of ether oxygens (including phenoxy) is 3. The van der Waals surface area contributed by atoms with Crippen LogP contribution in [0.5, 0.6) is 17.2 Å². The van der Waals surface area contributed by atoms with E-state index in [4.69, 9.17) is 14.2 Å². The third-order valence-electron chi connectivity index (χ3n) is 5.91. The van der Waals surface area contributed by atoms with Gasteiger partial charge in [0.15, 0.2) is 6.61 Å². The molecule has 1 unspecified atom stereocenters. The molecular weight excluding hydrogens is 487 g/mol. The minimum absolute atomic E-state index is 0.108. The van der Waals surface area contributed by atoms with Gasteiger partial charge >= 0.3 is 0 Å². The van der Waals surface area contributed by atoms with Crippen molar-refractivity contribution >= 4 is 11.8 Å². The van der Waals surface area contributed by atoms with Crippen molar-refractivity contribution in [1.82, 2.24) is 10.2 Å². The Balaban J connectivity index is 1.91. The third kappa shape index (κ3) is 8.50. The molecular formula is C30H35FN2O5. The van der Waals surface area contributed by atoms with E-state index >= 15 is 0 Å². The molecule has 202 valence electrons. The lowest BCUT2D eigenvalue weighted by Gasteiger charge is -2.31. The molecule has 3 rings (SSSR count). The maximum Gasteiger partial charge on any atom is 0.261 e. The van der Waals surface area contributed by atoms with E-state index in [0.29, 0.717) is 35.8 Å². The third-order valence-corrected chi connectivity index (χ3v) is 5.91. The molecule has 8 heteroatoms. The standard InChI is InChI=1S/C30H35FN2O5/c1-21(2)18-32-30(35)28(14-22-8-6-5-7-9-22)33(19-23-10-12-24(31)13-11-23)29(34)20-38-27-16-25(36-3)15-26(17-27)37-4/h5-13,15-17,21,28H,14,18-20H2,1-4H3,(H,32,35). The van der Waals surface area contributed by atoms with Crippen molar-refractivity contribution in [2.45, 2.75) is 32.9 Å². The molecule has 0 spiro atoms. The number of hydrogen-bond donors (Lipinski definition) is 1. The van der Waals surface area contributed by atoms with E-state index in [1.165, 1.54) is 31.3 Å². The van der Waals surface area contributed by atoms with Crippen LogP contribution in [0, 0.1) is 11.7 Å². The molecule has 1 N–H and O–H groups in total. The molecule has 0 heterocycles. The Labute approximate surface area is 223 Å². The summed E-state index contributed by atoms with van der Waals surface area (Å²) in [5.41, 5.74) is 1.60. The summed E-state index contributed by atoms with van der Waals surface area (Å²) in [6.45, 7) is 4.27. The van der Waals surface area contributed by atoms with Crippen LogP contribution in [0.4, 0.5) is 4.39 Å². The molecule has 3 aromatic rings. The van der Waals surface area contributed by atoms with Crippen LogP contribution >= 0.6 is 0 Å². The van der Waals surface area contributed by atoms with Crippen molar-refractivity contribution in [2.24, 2.45) is 5.92 Å². The van der Waals surface area contributed by atoms with Crippen LogP contribution in [0.15, 0.2) is 72.8 Å². The van der Waals surface area contributed by atoms with Crippen LogP contribution < -0.4 is 19.5 Å². The van der Waals surface area contributed by atoms with Crippen LogP contribution in [0.25, 0.3) is 0 Å². The number of halogens is 1. The molecule has 38 heavy (non-hydrogen) atoms. The van der Waals surface area contributed by atoms with Crippen molar-refractivity contribution < 1.29 is 28.2 Å². The second kappa shape index (κ2) is 14.0. The highest BCUT2D eigenvalue weighted by Crippen LogP contribution is 2.27. The largest absolute Gasteiger partial charge is 0.496 e.